The maximum absolute atomic E-state index is 12.9. The van der Waals surface area contributed by atoms with Crippen molar-refractivity contribution in [2.75, 3.05) is 18.5 Å². The van der Waals surface area contributed by atoms with E-state index in [9.17, 15) is 9.59 Å². The van der Waals surface area contributed by atoms with Crippen molar-refractivity contribution < 1.29 is 19.1 Å². The first-order chi connectivity index (χ1) is 13.5. The molecule has 3 rings (SSSR count). The molecule has 1 saturated carbocycles. The zero-order valence-corrected chi connectivity index (χ0v) is 16.6. The molecule has 0 heterocycles. The van der Waals surface area contributed by atoms with E-state index < -0.39 is 5.41 Å². The van der Waals surface area contributed by atoms with Gasteiger partial charge in [-0.2, -0.15) is 0 Å². The van der Waals surface area contributed by atoms with Crippen LogP contribution in [0.5, 0.6) is 5.75 Å². The minimum Gasteiger partial charge on any atom is -0.494 e. The molecule has 0 spiro atoms. The van der Waals surface area contributed by atoms with E-state index in [-0.39, 0.29) is 18.5 Å². The standard InChI is InChI=1S/C22H24ClNO4/c1-2-27-19-11-9-18(10-12-19)24-20(25)15-28-21(26)22(13-3-4-14-22)16-5-7-17(23)8-6-16/h5-12H,2-4,13-15H2,1H3,(H,24,25). The van der Waals surface area contributed by atoms with Crippen LogP contribution in [-0.4, -0.2) is 25.1 Å². The fraction of sp³-hybridized carbons (Fsp3) is 0.364. The summed E-state index contributed by atoms with van der Waals surface area (Å²) >= 11 is 5.97. The Kier molecular flexibility index (Phi) is 6.57. The van der Waals surface area contributed by atoms with Crippen molar-refractivity contribution in [3.63, 3.8) is 0 Å². The van der Waals surface area contributed by atoms with Gasteiger partial charge in [-0.1, -0.05) is 36.6 Å². The number of hydrogen-bond donors (Lipinski definition) is 1. The second-order valence-corrected chi connectivity index (χ2v) is 7.31. The monoisotopic (exact) mass is 401 g/mol. The number of benzene rings is 2. The van der Waals surface area contributed by atoms with Gasteiger partial charge in [0.15, 0.2) is 6.61 Å². The Bertz CT molecular complexity index is 811. The van der Waals surface area contributed by atoms with Crippen molar-refractivity contribution >= 4 is 29.2 Å². The van der Waals surface area contributed by atoms with Crippen molar-refractivity contribution in [3.05, 3.63) is 59.1 Å². The van der Waals surface area contributed by atoms with E-state index in [0.717, 1.165) is 24.2 Å². The highest BCUT2D eigenvalue weighted by Crippen LogP contribution is 2.42. The molecule has 1 amide bonds. The van der Waals surface area contributed by atoms with Crippen LogP contribution in [-0.2, 0) is 19.7 Å². The van der Waals surface area contributed by atoms with Crippen LogP contribution in [0.2, 0.25) is 5.02 Å². The summed E-state index contributed by atoms with van der Waals surface area (Å²) in [6.45, 7) is 2.17. The molecule has 28 heavy (non-hydrogen) atoms. The molecule has 0 aliphatic heterocycles. The third-order valence-corrected chi connectivity index (χ3v) is 5.28. The predicted octanol–water partition coefficient (Wildman–Crippen LogP) is 4.73. The topological polar surface area (TPSA) is 64.6 Å². The first kappa shape index (κ1) is 20.2. The normalized spacial score (nSPS) is 15.1. The molecular formula is C22H24ClNO4. The zero-order chi connectivity index (χ0) is 20.0. The lowest BCUT2D eigenvalue weighted by molar-refractivity contribution is -0.153. The highest BCUT2D eigenvalue weighted by Gasteiger charge is 2.44. The van der Waals surface area contributed by atoms with Crippen LogP contribution < -0.4 is 10.1 Å². The lowest BCUT2D eigenvalue weighted by Crippen LogP contribution is -2.36. The molecule has 2 aromatic rings. The Morgan fingerprint density at radius 1 is 1.04 bits per heavy atom. The number of hydrogen-bond acceptors (Lipinski definition) is 4. The SMILES string of the molecule is CCOc1ccc(NC(=O)COC(=O)C2(c3ccc(Cl)cc3)CCCC2)cc1. The van der Waals surface area contributed by atoms with E-state index in [2.05, 4.69) is 5.32 Å². The fourth-order valence-electron chi connectivity index (χ4n) is 3.63. The highest BCUT2D eigenvalue weighted by molar-refractivity contribution is 6.30. The molecule has 1 fully saturated rings. The average Bonchev–Trinajstić information content (AvgIpc) is 3.19. The van der Waals surface area contributed by atoms with Gasteiger partial charge in [-0.05, 0) is 61.7 Å². The van der Waals surface area contributed by atoms with E-state index in [1.54, 1.807) is 36.4 Å². The molecule has 0 aromatic heterocycles. The Balaban J connectivity index is 1.60. The number of nitrogens with one attached hydrogen (secondary N) is 1. The number of esters is 1. The molecule has 0 saturated heterocycles. The fourth-order valence-corrected chi connectivity index (χ4v) is 3.75. The molecule has 148 valence electrons. The quantitative estimate of drug-likeness (QED) is 0.681. The molecular weight excluding hydrogens is 378 g/mol. The summed E-state index contributed by atoms with van der Waals surface area (Å²) in [5.74, 6) is 0.00833. The van der Waals surface area contributed by atoms with Crippen molar-refractivity contribution in [2.45, 2.75) is 38.0 Å². The van der Waals surface area contributed by atoms with Crippen molar-refractivity contribution in [1.29, 1.82) is 0 Å². The molecule has 6 heteroatoms. The van der Waals surface area contributed by atoms with Crippen molar-refractivity contribution in [2.24, 2.45) is 0 Å². The van der Waals surface area contributed by atoms with Crippen LogP contribution in [0.3, 0.4) is 0 Å². The molecule has 1 N–H and O–H groups in total. The van der Waals surface area contributed by atoms with Gasteiger partial charge in [-0.3, -0.25) is 9.59 Å². The third kappa shape index (κ3) is 4.65. The summed E-state index contributed by atoms with van der Waals surface area (Å²) < 4.78 is 10.8. The van der Waals surface area contributed by atoms with Gasteiger partial charge in [-0.25, -0.2) is 0 Å². The number of ether oxygens (including phenoxy) is 2. The van der Waals surface area contributed by atoms with Crippen LogP contribution in [0.1, 0.15) is 38.2 Å². The summed E-state index contributed by atoms with van der Waals surface area (Å²) in [5, 5.41) is 3.35. The largest absolute Gasteiger partial charge is 0.494 e. The maximum atomic E-state index is 12.9. The number of carbonyl (C=O) groups is 2. The lowest BCUT2D eigenvalue weighted by Gasteiger charge is -2.27. The second-order valence-electron chi connectivity index (χ2n) is 6.88. The van der Waals surface area contributed by atoms with E-state index in [1.165, 1.54) is 0 Å². The van der Waals surface area contributed by atoms with Gasteiger partial charge >= 0.3 is 5.97 Å². The van der Waals surface area contributed by atoms with Gasteiger partial charge < -0.3 is 14.8 Å². The Hall–Kier alpha value is -2.53. The molecule has 0 bridgehead atoms. The van der Waals surface area contributed by atoms with Gasteiger partial charge in [0.1, 0.15) is 5.75 Å². The van der Waals surface area contributed by atoms with Crippen molar-refractivity contribution in [1.82, 2.24) is 0 Å². The van der Waals surface area contributed by atoms with Crippen LogP contribution >= 0.6 is 11.6 Å². The van der Waals surface area contributed by atoms with Crippen LogP contribution in [0.4, 0.5) is 5.69 Å². The maximum Gasteiger partial charge on any atom is 0.317 e. The average molecular weight is 402 g/mol. The van der Waals surface area contributed by atoms with Gasteiger partial charge in [0, 0.05) is 10.7 Å². The number of rotatable bonds is 7. The third-order valence-electron chi connectivity index (χ3n) is 5.03. The molecule has 0 atom stereocenters. The van der Waals surface area contributed by atoms with E-state index in [1.807, 2.05) is 19.1 Å². The zero-order valence-electron chi connectivity index (χ0n) is 15.9. The van der Waals surface area contributed by atoms with Crippen LogP contribution in [0.25, 0.3) is 0 Å². The van der Waals surface area contributed by atoms with E-state index in [4.69, 9.17) is 21.1 Å². The molecule has 1 aliphatic rings. The Morgan fingerprint density at radius 2 is 1.68 bits per heavy atom. The number of amides is 1. The number of halogens is 1. The first-order valence-electron chi connectivity index (χ1n) is 9.49. The summed E-state index contributed by atoms with van der Waals surface area (Å²) in [4.78, 5) is 25.1. The molecule has 0 unspecified atom stereocenters. The highest BCUT2D eigenvalue weighted by atomic mass is 35.5. The first-order valence-corrected chi connectivity index (χ1v) is 9.87. The summed E-state index contributed by atoms with van der Waals surface area (Å²) in [5.41, 5.74) is 0.827. The molecule has 0 radical (unpaired) electrons. The van der Waals surface area contributed by atoms with Crippen LogP contribution in [0.15, 0.2) is 48.5 Å². The lowest BCUT2D eigenvalue weighted by atomic mass is 9.79. The van der Waals surface area contributed by atoms with E-state index in [0.29, 0.717) is 30.2 Å². The summed E-state index contributed by atoms with van der Waals surface area (Å²) in [7, 11) is 0. The minimum atomic E-state index is -0.690. The Labute approximate surface area is 170 Å². The number of carbonyl (C=O) groups excluding carboxylic acids is 2. The van der Waals surface area contributed by atoms with Gasteiger partial charge in [0.2, 0.25) is 0 Å². The molecule has 2 aromatic carbocycles. The van der Waals surface area contributed by atoms with Gasteiger partial charge in [-0.15, -0.1) is 0 Å². The van der Waals surface area contributed by atoms with Gasteiger partial charge in [0.25, 0.3) is 5.91 Å². The Morgan fingerprint density at radius 3 is 2.29 bits per heavy atom. The number of anilines is 1. The second kappa shape index (κ2) is 9.11. The van der Waals surface area contributed by atoms with Crippen molar-refractivity contribution in [3.8, 4) is 5.75 Å². The summed E-state index contributed by atoms with van der Waals surface area (Å²) in [6.07, 6.45) is 3.34. The van der Waals surface area contributed by atoms with E-state index >= 15 is 0 Å². The predicted molar refractivity (Wildman–Crippen MR) is 109 cm³/mol. The minimum absolute atomic E-state index is 0.318. The van der Waals surface area contributed by atoms with Gasteiger partial charge in [0.05, 0.1) is 12.0 Å². The molecule has 5 nitrogen and oxygen atoms in total. The summed E-state index contributed by atoms with van der Waals surface area (Å²) in [6, 6.07) is 14.3. The van der Waals surface area contributed by atoms with Crippen LogP contribution in [0, 0.1) is 0 Å². The molecule has 1 aliphatic carbocycles. The smallest absolute Gasteiger partial charge is 0.317 e.